The van der Waals surface area contributed by atoms with Crippen LogP contribution in [0.1, 0.15) is 32.3 Å². The molecule has 5 aromatic carbocycles. The molecule has 0 saturated heterocycles. The predicted octanol–water partition coefficient (Wildman–Crippen LogP) is 9.25. The highest BCUT2D eigenvalue weighted by Crippen LogP contribution is 2.40. The molecule has 254 valence electrons. The van der Waals surface area contributed by atoms with E-state index in [1.807, 2.05) is 0 Å². The highest BCUT2D eigenvalue weighted by Gasteiger charge is 2.35. The number of para-hydroxylation sites is 1. The van der Waals surface area contributed by atoms with E-state index in [9.17, 15) is 27.6 Å². The van der Waals surface area contributed by atoms with Gasteiger partial charge in [-0.1, -0.05) is 78.3 Å². The fourth-order valence-electron chi connectivity index (χ4n) is 4.79. The van der Waals surface area contributed by atoms with E-state index in [1.54, 1.807) is 109 Å². The van der Waals surface area contributed by atoms with Gasteiger partial charge >= 0.3 is 6.18 Å². The minimum Gasteiger partial charge on any atom is -0.496 e. The second-order valence-corrected chi connectivity index (χ2v) is 12.3. The molecule has 5 aromatic rings. The summed E-state index contributed by atoms with van der Waals surface area (Å²) in [6, 6.07) is 33.8. The number of methoxy groups -OCH3 is 1. The standard InChI is InChI=1S/C38H29ClF3N3O4S/c1-49-33-15-9-8-14-26(33)22-32(45-35(46)25-12-6-3-7-13-25)36(47)43-28-17-19-29(20-18-28)50-34(24-10-4-2-5-11-24)37(48)44-31-21-16-27(39)23-30(31)38(40,41)42/h2-23,34H,1H3,(H,43,47)(H,44,48)(H,45,46)/b32-22-. The van der Waals surface area contributed by atoms with Gasteiger partial charge in [0.05, 0.1) is 18.4 Å². The molecule has 1 atom stereocenters. The van der Waals surface area contributed by atoms with Crippen molar-refractivity contribution >= 4 is 58.5 Å². The van der Waals surface area contributed by atoms with E-state index >= 15 is 0 Å². The molecule has 7 nitrogen and oxygen atoms in total. The van der Waals surface area contributed by atoms with Crippen molar-refractivity contribution in [3.05, 3.63) is 160 Å². The monoisotopic (exact) mass is 715 g/mol. The van der Waals surface area contributed by atoms with Crippen LogP contribution in [0.15, 0.2) is 138 Å². The van der Waals surface area contributed by atoms with Gasteiger partial charge in [-0.25, -0.2) is 0 Å². The van der Waals surface area contributed by atoms with Crippen molar-refractivity contribution in [3.63, 3.8) is 0 Å². The summed E-state index contributed by atoms with van der Waals surface area (Å²) < 4.78 is 46.6. The van der Waals surface area contributed by atoms with Crippen LogP contribution in [0, 0.1) is 0 Å². The first-order chi connectivity index (χ1) is 24.0. The number of amides is 3. The first-order valence-corrected chi connectivity index (χ1v) is 16.3. The van der Waals surface area contributed by atoms with Gasteiger partial charge in [0.15, 0.2) is 0 Å². The van der Waals surface area contributed by atoms with Crippen molar-refractivity contribution in [1.29, 1.82) is 0 Å². The Morgan fingerprint density at radius 3 is 2.10 bits per heavy atom. The molecule has 0 fully saturated rings. The Balaban J connectivity index is 1.36. The van der Waals surface area contributed by atoms with Gasteiger partial charge in [0.25, 0.3) is 11.8 Å². The van der Waals surface area contributed by atoms with Gasteiger partial charge in [-0.15, -0.1) is 11.8 Å². The number of ether oxygens (including phenoxy) is 1. The number of benzene rings is 5. The van der Waals surface area contributed by atoms with E-state index in [4.69, 9.17) is 16.3 Å². The fraction of sp³-hybridized carbons (Fsp3) is 0.0789. The van der Waals surface area contributed by atoms with Crippen LogP contribution >= 0.6 is 23.4 Å². The van der Waals surface area contributed by atoms with Crippen molar-refractivity contribution in [3.8, 4) is 5.75 Å². The van der Waals surface area contributed by atoms with Crippen LogP contribution in [-0.4, -0.2) is 24.8 Å². The maximum atomic E-state index is 13.7. The van der Waals surface area contributed by atoms with E-state index in [0.717, 1.165) is 23.9 Å². The number of hydrogen-bond donors (Lipinski definition) is 3. The Kier molecular flexibility index (Phi) is 11.6. The van der Waals surface area contributed by atoms with Gasteiger partial charge in [-0.05, 0) is 72.3 Å². The average molecular weight is 716 g/mol. The SMILES string of the molecule is COc1ccccc1/C=C(\NC(=O)c1ccccc1)C(=O)Nc1ccc(SC(C(=O)Nc2ccc(Cl)cc2C(F)(F)F)c2ccccc2)cc1. The van der Waals surface area contributed by atoms with Gasteiger partial charge in [-0.3, -0.25) is 14.4 Å². The van der Waals surface area contributed by atoms with E-state index in [-0.39, 0.29) is 10.7 Å². The van der Waals surface area contributed by atoms with Crippen molar-refractivity contribution in [2.45, 2.75) is 16.3 Å². The summed E-state index contributed by atoms with van der Waals surface area (Å²) in [6.07, 6.45) is -3.23. The Hall–Kier alpha value is -5.52. The third-order valence-electron chi connectivity index (χ3n) is 7.22. The zero-order valence-electron chi connectivity index (χ0n) is 26.3. The second kappa shape index (κ2) is 16.3. The van der Waals surface area contributed by atoms with Crippen LogP contribution in [0.4, 0.5) is 24.5 Å². The average Bonchev–Trinajstić information content (AvgIpc) is 3.12. The molecule has 5 rings (SSSR count). The minimum atomic E-state index is -4.74. The molecule has 3 N–H and O–H groups in total. The molecule has 0 spiro atoms. The summed E-state index contributed by atoms with van der Waals surface area (Å²) in [6.45, 7) is 0. The lowest BCUT2D eigenvalue weighted by molar-refractivity contribution is -0.137. The molecule has 0 aliphatic carbocycles. The molecule has 0 saturated carbocycles. The molecule has 0 aliphatic rings. The molecule has 12 heteroatoms. The van der Waals surface area contributed by atoms with Crippen LogP contribution in [0.25, 0.3) is 6.08 Å². The molecule has 0 radical (unpaired) electrons. The molecule has 0 aliphatic heterocycles. The van der Waals surface area contributed by atoms with Crippen LogP contribution in [0.5, 0.6) is 5.75 Å². The van der Waals surface area contributed by atoms with Gasteiger partial charge in [0.2, 0.25) is 5.91 Å². The van der Waals surface area contributed by atoms with Crippen molar-refractivity contribution in [1.82, 2.24) is 5.32 Å². The summed E-state index contributed by atoms with van der Waals surface area (Å²) in [5.41, 5.74) is 0.355. The number of halogens is 4. The van der Waals surface area contributed by atoms with Crippen molar-refractivity contribution in [2.24, 2.45) is 0 Å². The lowest BCUT2D eigenvalue weighted by Crippen LogP contribution is -2.30. The summed E-state index contributed by atoms with van der Waals surface area (Å²) in [5, 5.41) is 6.84. The third kappa shape index (κ3) is 9.34. The number of alkyl halides is 3. The topological polar surface area (TPSA) is 96.5 Å². The third-order valence-corrected chi connectivity index (χ3v) is 8.72. The molecule has 3 amide bonds. The summed E-state index contributed by atoms with van der Waals surface area (Å²) in [5.74, 6) is -1.27. The second-order valence-electron chi connectivity index (χ2n) is 10.7. The van der Waals surface area contributed by atoms with Crippen LogP contribution in [0.3, 0.4) is 0 Å². The summed E-state index contributed by atoms with van der Waals surface area (Å²) in [7, 11) is 1.50. The van der Waals surface area contributed by atoms with E-state index in [1.165, 1.54) is 19.3 Å². The Morgan fingerprint density at radius 2 is 1.44 bits per heavy atom. The molecule has 0 aromatic heterocycles. The summed E-state index contributed by atoms with van der Waals surface area (Å²) >= 11 is 6.93. The molecular formula is C38H29ClF3N3O4S. The highest BCUT2D eigenvalue weighted by atomic mass is 35.5. The normalized spacial score (nSPS) is 12.1. The number of anilines is 2. The van der Waals surface area contributed by atoms with E-state index < -0.39 is 40.4 Å². The Labute approximate surface area is 295 Å². The molecule has 50 heavy (non-hydrogen) atoms. The lowest BCUT2D eigenvalue weighted by Gasteiger charge is -2.20. The summed E-state index contributed by atoms with van der Waals surface area (Å²) in [4.78, 5) is 40.7. The first-order valence-electron chi connectivity index (χ1n) is 15.0. The zero-order valence-corrected chi connectivity index (χ0v) is 27.9. The van der Waals surface area contributed by atoms with Crippen LogP contribution < -0.4 is 20.7 Å². The van der Waals surface area contributed by atoms with E-state index in [2.05, 4.69) is 16.0 Å². The highest BCUT2D eigenvalue weighted by molar-refractivity contribution is 8.00. The molecule has 0 bridgehead atoms. The molecular weight excluding hydrogens is 687 g/mol. The minimum absolute atomic E-state index is 0.0388. The van der Waals surface area contributed by atoms with Crippen LogP contribution in [-0.2, 0) is 15.8 Å². The zero-order chi connectivity index (χ0) is 35.7. The lowest BCUT2D eigenvalue weighted by atomic mass is 10.1. The number of hydrogen-bond acceptors (Lipinski definition) is 5. The smallest absolute Gasteiger partial charge is 0.418 e. The first kappa shape index (κ1) is 35.8. The quantitative estimate of drug-likeness (QED) is 0.0936. The number of carbonyl (C=O) groups excluding carboxylic acids is 3. The van der Waals surface area contributed by atoms with Gasteiger partial charge in [0, 0.05) is 26.7 Å². The number of nitrogens with one attached hydrogen (secondary N) is 3. The molecule has 1 unspecified atom stereocenters. The predicted molar refractivity (Wildman–Crippen MR) is 190 cm³/mol. The number of carbonyl (C=O) groups is 3. The number of rotatable bonds is 11. The van der Waals surface area contributed by atoms with Crippen molar-refractivity contribution in [2.75, 3.05) is 17.7 Å². The van der Waals surface area contributed by atoms with Crippen LogP contribution in [0.2, 0.25) is 5.02 Å². The van der Waals surface area contributed by atoms with Gasteiger partial charge in [-0.2, -0.15) is 13.2 Å². The maximum absolute atomic E-state index is 13.7. The fourth-order valence-corrected chi connectivity index (χ4v) is 5.99. The van der Waals surface area contributed by atoms with Crippen molar-refractivity contribution < 1.29 is 32.3 Å². The Bertz CT molecular complexity index is 2010. The number of thioether (sulfide) groups is 1. The maximum Gasteiger partial charge on any atom is 0.418 e. The van der Waals surface area contributed by atoms with E-state index in [0.29, 0.717) is 33.0 Å². The largest absolute Gasteiger partial charge is 0.496 e. The Morgan fingerprint density at radius 1 is 0.800 bits per heavy atom. The van der Waals surface area contributed by atoms with Gasteiger partial charge in [0.1, 0.15) is 16.7 Å². The van der Waals surface area contributed by atoms with Gasteiger partial charge < -0.3 is 20.7 Å². The molecule has 0 heterocycles.